The fourth-order valence-electron chi connectivity index (χ4n) is 2.61. The highest BCUT2D eigenvalue weighted by Gasteiger charge is 2.16. The molecule has 0 amide bonds. The summed E-state index contributed by atoms with van der Waals surface area (Å²) in [6, 6.07) is 0.502. The maximum absolute atomic E-state index is 5.94. The van der Waals surface area contributed by atoms with Gasteiger partial charge in [-0.2, -0.15) is 0 Å². The van der Waals surface area contributed by atoms with Gasteiger partial charge in [0, 0.05) is 18.0 Å². The standard InChI is InChI=1S/C14H24N4O/c1-3-12-11(13(4-2)19-18-12)9-16-14(15)17-10-7-5-6-8-10/h10H,3-9H2,1-2H3,(H3,15,16,17). The van der Waals surface area contributed by atoms with Crippen molar-refractivity contribution < 1.29 is 4.52 Å². The summed E-state index contributed by atoms with van der Waals surface area (Å²) in [5, 5.41) is 7.37. The molecule has 0 aromatic carbocycles. The van der Waals surface area contributed by atoms with Gasteiger partial charge in [0.05, 0.1) is 12.2 Å². The van der Waals surface area contributed by atoms with E-state index in [9.17, 15) is 0 Å². The normalized spacial score (nSPS) is 17.1. The Morgan fingerprint density at radius 1 is 1.37 bits per heavy atom. The summed E-state index contributed by atoms with van der Waals surface area (Å²) in [5.41, 5.74) is 8.03. The number of aryl methyl sites for hydroxylation is 2. The quantitative estimate of drug-likeness (QED) is 0.631. The van der Waals surface area contributed by atoms with E-state index in [0.717, 1.165) is 29.9 Å². The topological polar surface area (TPSA) is 76.4 Å². The molecule has 0 spiro atoms. The largest absolute Gasteiger partial charge is 0.370 e. The summed E-state index contributed by atoms with van der Waals surface area (Å²) in [7, 11) is 0. The van der Waals surface area contributed by atoms with Crippen molar-refractivity contribution >= 4 is 5.96 Å². The van der Waals surface area contributed by atoms with Crippen LogP contribution in [0.5, 0.6) is 0 Å². The number of hydrogen-bond acceptors (Lipinski definition) is 3. The minimum absolute atomic E-state index is 0.502. The Labute approximate surface area is 114 Å². The van der Waals surface area contributed by atoms with Crippen LogP contribution in [0.15, 0.2) is 9.52 Å². The number of nitrogens with two attached hydrogens (primary N) is 1. The van der Waals surface area contributed by atoms with Crippen molar-refractivity contribution in [1.29, 1.82) is 0 Å². The Balaban J connectivity index is 1.97. The van der Waals surface area contributed by atoms with Crippen molar-refractivity contribution in [2.45, 2.75) is 65.0 Å². The monoisotopic (exact) mass is 264 g/mol. The molecule has 3 N–H and O–H groups in total. The fraction of sp³-hybridized carbons (Fsp3) is 0.714. The van der Waals surface area contributed by atoms with Crippen LogP contribution in [-0.2, 0) is 19.4 Å². The maximum Gasteiger partial charge on any atom is 0.189 e. The van der Waals surface area contributed by atoms with Gasteiger partial charge in [-0.25, -0.2) is 4.99 Å². The summed E-state index contributed by atoms with van der Waals surface area (Å²) in [5.74, 6) is 1.46. The van der Waals surface area contributed by atoms with Crippen molar-refractivity contribution in [2.24, 2.45) is 10.7 Å². The highest BCUT2D eigenvalue weighted by molar-refractivity contribution is 5.78. The Bertz CT molecular complexity index is 411. The number of hydrogen-bond donors (Lipinski definition) is 2. The minimum atomic E-state index is 0.502. The lowest BCUT2D eigenvalue weighted by Gasteiger charge is -2.12. The molecule has 5 nitrogen and oxygen atoms in total. The SMILES string of the molecule is CCc1noc(CC)c1CN=C(N)NC1CCCC1. The molecule has 0 bridgehead atoms. The van der Waals surface area contributed by atoms with Gasteiger partial charge in [-0.3, -0.25) is 0 Å². The lowest BCUT2D eigenvalue weighted by Crippen LogP contribution is -2.38. The van der Waals surface area contributed by atoms with E-state index in [4.69, 9.17) is 10.3 Å². The maximum atomic E-state index is 5.94. The van der Waals surface area contributed by atoms with Crippen LogP contribution < -0.4 is 11.1 Å². The van der Waals surface area contributed by atoms with E-state index >= 15 is 0 Å². The van der Waals surface area contributed by atoms with E-state index in [1.54, 1.807) is 0 Å². The molecule has 2 rings (SSSR count). The van der Waals surface area contributed by atoms with Gasteiger partial charge in [-0.1, -0.05) is 31.8 Å². The third-order valence-electron chi connectivity index (χ3n) is 3.72. The molecule has 0 unspecified atom stereocenters. The van der Waals surface area contributed by atoms with Gasteiger partial charge in [-0.05, 0) is 19.3 Å². The molecule has 0 atom stereocenters. The molecule has 1 saturated carbocycles. The third-order valence-corrected chi connectivity index (χ3v) is 3.72. The fourth-order valence-corrected chi connectivity index (χ4v) is 2.61. The van der Waals surface area contributed by atoms with Crippen LogP contribution >= 0.6 is 0 Å². The highest BCUT2D eigenvalue weighted by Crippen LogP contribution is 2.18. The molecule has 5 heteroatoms. The zero-order chi connectivity index (χ0) is 13.7. The van der Waals surface area contributed by atoms with E-state index in [1.807, 2.05) is 0 Å². The second-order valence-corrected chi connectivity index (χ2v) is 5.07. The van der Waals surface area contributed by atoms with Gasteiger partial charge < -0.3 is 15.6 Å². The van der Waals surface area contributed by atoms with E-state index in [-0.39, 0.29) is 0 Å². The van der Waals surface area contributed by atoms with E-state index < -0.39 is 0 Å². The smallest absolute Gasteiger partial charge is 0.189 e. The number of guanidine groups is 1. The van der Waals surface area contributed by atoms with E-state index in [2.05, 4.69) is 29.3 Å². The zero-order valence-corrected chi connectivity index (χ0v) is 11.9. The highest BCUT2D eigenvalue weighted by atomic mass is 16.5. The molecule has 19 heavy (non-hydrogen) atoms. The van der Waals surface area contributed by atoms with Crippen LogP contribution in [-0.4, -0.2) is 17.2 Å². The number of nitrogens with zero attached hydrogens (tertiary/aromatic N) is 2. The average molecular weight is 264 g/mol. The van der Waals surface area contributed by atoms with Crippen molar-refractivity contribution in [1.82, 2.24) is 10.5 Å². The second kappa shape index (κ2) is 6.59. The van der Waals surface area contributed by atoms with Gasteiger partial charge in [0.1, 0.15) is 5.76 Å². The van der Waals surface area contributed by atoms with Crippen molar-refractivity contribution in [3.63, 3.8) is 0 Å². The first-order valence-electron chi connectivity index (χ1n) is 7.27. The zero-order valence-electron chi connectivity index (χ0n) is 11.9. The molecular weight excluding hydrogens is 240 g/mol. The molecule has 1 aliphatic carbocycles. The van der Waals surface area contributed by atoms with Gasteiger partial charge >= 0.3 is 0 Å². The summed E-state index contributed by atoms with van der Waals surface area (Å²) in [6.45, 7) is 4.69. The molecule has 0 saturated heterocycles. The molecular formula is C14H24N4O. The minimum Gasteiger partial charge on any atom is -0.370 e. The first-order valence-corrected chi connectivity index (χ1v) is 7.27. The van der Waals surface area contributed by atoms with Crippen LogP contribution in [0.4, 0.5) is 0 Å². The molecule has 0 radical (unpaired) electrons. The number of aliphatic imine (C=N–C) groups is 1. The third kappa shape index (κ3) is 3.49. The summed E-state index contributed by atoms with van der Waals surface area (Å²) in [6.07, 6.45) is 6.68. The van der Waals surface area contributed by atoms with E-state index in [0.29, 0.717) is 18.5 Å². The number of nitrogens with one attached hydrogen (secondary N) is 1. The summed E-state index contributed by atoms with van der Waals surface area (Å²) in [4.78, 5) is 4.43. The lowest BCUT2D eigenvalue weighted by molar-refractivity contribution is 0.380. The predicted molar refractivity (Wildman–Crippen MR) is 76.0 cm³/mol. The number of rotatable bonds is 5. The Morgan fingerprint density at radius 3 is 2.74 bits per heavy atom. The Kier molecular flexibility index (Phi) is 4.82. The summed E-state index contributed by atoms with van der Waals surface area (Å²) >= 11 is 0. The predicted octanol–water partition coefficient (Wildman–Crippen LogP) is 2.15. The molecule has 1 aromatic rings. The molecule has 1 fully saturated rings. The van der Waals surface area contributed by atoms with Gasteiger partial charge in [0.2, 0.25) is 0 Å². The molecule has 0 aliphatic heterocycles. The molecule has 1 aromatic heterocycles. The first-order chi connectivity index (χ1) is 9.24. The van der Waals surface area contributed by atoms with Crippen LogP contribution in [0.25, 0.3) is 0 Å². The molecule has 1 aliphatic rings. The molecule has 106 valence electrons. The van der Waals surface area contributed by atoms with Gasteiger partial charge in [0.15, 0.2) is 5.96 Å². The van der Waals surface area contributed by atoms with Crippen LogP contribution in [0.3, 0.4) is 0 Å². The van der Waals surface area contributed by atoms with Crippen LogP contribution in [0.1, 0.15) is 56.5 Å². The Hall–Kier alpha value is -1.52. The lowest BCUT2D eigenvalue weighted by atomic mass is 10.1. The molecule has 1 heterocycles. The van der Waals surface area contributed by atoms with Crippen LogP contribution in [0.2, 0.25) is 0 Å². The van der Waals surface area contributed by atoms with Crippen molar-refractivity contribution in [2.75, 3.05) is 0 Å². The second-order valence-electron chi connectivity index (χ2n) is 5.07. The first kappa shape index (κ1) is 13.9. The van der Waals surface area contributed by atoms with Gasteiger partial charge in [0.25, 0.3) is 0 Å². The number of aromatic nitrogens is 1. The van der Waals surface area contributed by atoms with Crippen molar-refractivity contribution in [3.05, 3.63) is 17.0 Å². The Morgan fingerprint density at radius 2 is 2.11 bits per heavy atom. The summed E-state index contributed by atoms with van der Waals surface area (Å²) < 4.78 is 5.32. The van der Waals surface area contributed by atoms with Crippen LogP contribution in [0, 0.1) is 0 Å². The van der Waals surface area contributed by atoms with E-state index in [1.165, 1.54) is 25.7 Å². The van der Waals surface area contributed by atoms with Gasteiger partial charge in [-0.15, -0.1) is 0 Å². The van der Waals surface area contributed by atoms with Crippen molar-refractivity contribution in [3.8, 4) is 0 Å². The average Bonchev–Trinajstić information content (AvgIpc) is 3.04.